The number of aliphatic hydroxyl groups excluding tert-OH is 1. The van der Waals surface area contributed by atoms with Crippen LogP contribution in [0.5, 0.6) is 0 Å². The lowest BCUT2D eigenvalue weighted by Gasteiger charge is -2.38. The second-order valence-corrected chi connectivity index (χ2v) is 4.26. The van der Waals surface area contributed by atoms with E-state index in [9.17, 15) is 5.11 Å². The highest BCUT2D eigenvalue weighted by molar-refractivity contribution is 5.14. The molecule has 0 unspecified atom stereocenters. The number of hydrogen-bond donors (Lipinski definition) is 1. The summed E-state index contributed by atoms with van der Waals surface area (Å²) in [4.78, 5) is 0. The highest BCUT2D eigenvalue weighted by Crippen LogP contribution is 2.51. The van der Waals surface area contributed by atoms with Gasteiger partial charge in [-0.2, -0.15) is 0 Å². The Morgan fingerprint density at radius 3 is 2.50 bits per heavy atom. The first kappa shape index (κ1) is 8.13. The maximum absolute atomic E-state index is 9.78. The lowest BCUT2D eigenvalue weighted by atomic mass is 9.67. The van der Waals surface area contributed by atoms with E-state index in [4.69, 9.17) is 6.42 Å². The van der Waals surface area contributed by atoms with Crippen LogP contribution in [0.3, 0.4) is 0 Å². The third-order valence-corrected chi connectivity index (χ3v) is 3.72. The minimum atomic E-state index is -0.114. The van der Waals surface area contributed by atoms with E-state index in [2.05, 4.69) is 5.92 Å². The predicted octanol–water partition coefficient (Wildman–Crippen LogP) is 1.95. The molecule has 2 saturated carbocycles. The van der Waals surface area contributed by atoms with Gasteiger partial charge in [-0.25, -0.2) is 0 Å². The van der Waals surface area contributed by atoms with Gasteiger partial charge in [-0.05, 0) is 32.1 Å². The van der Waals surface area contributed by atoms with E-state index < -0.39 is 0 Å². The van der Waals surface area contributed by atoms with Gasteiger partial charge < -0.3 is 5.11 Å². The van der Waals surface area contributed by atoms with Crippen LogP contribution < -0.4 is 0 Å². The molecule has 0 aromatic heterocycles. The van der Waals surface area contributed by atoms with Crippen molar-refractivity contribution < 1.29 is 5.11 Å². The third kappa shape index (κ3) is 0.983. The summed E-state index contributed by atoms with van der Waals surface area (Å²) in [6.45, 7) is 0. The Balaban J connectivity index is 2.24. The average Bonchev–Trinajstić information content (AvgIpc) is 2.50. The van der Waals surface area contributed by atoms with E-state index in [-0.39, 0.29) is 11.5 Å². The lowest BCUT2D eigenvalue weighted by molar-refractivity contribution is 0.0208. The molecule has 0 radical (unpaired) electrons. The summed E-state index contributed by atoms with van der Waals surface area (Å²) in [5.74, 6) is 3.36. The fraction of sp³-hybridized carbons (Fsp3) is 0.818. The second kappa shape index (κ2) is 2.78. The summed E-state index contributed by atoms with van der Waals surface area (Å²) in [6, 6.07) is 0. The first-order chi connectivity index (χ1) is 5.78. The largest absolute Gasteiger partial charge is 0.393 e. The second-order valence-electron chi connectivity index (χ2n) is 4.26. The summed E-state index contributed by atoms with van der Waals surface area (Å²) in [5, 5.41) is 9.78. The average molecular weight is 164 g/mol. The Kier molecular flexibility index (Phi) is 1.88. The zero-order valence-electron chi connectivity index (χ0n) is 7.42. The summed E-state index contributed by atoms with van der Waals surface area (Å²) in [6.07, 6.45) is 12.2. The number of aliphatic hydroxyl groups is 1. The summed E-state index contributed by atoms with van der Waals surface area (Å²) in [5.41, 5.74) is 0.0810. The van der Waals surface area contributed by atoms with E-state index >= 15 is 0 Å². The van der Waals surface area contributed by atoms with Crippen molar-refractivity contribution in [3.63, 3.8) is 0 Å². The van der Waals surface area contributed by atoms with Crippen LogP contribution in [-0.2, 0) is 0 Å². The number of rotatable bonds is 0. The number of fused-ring (bicyclic) bond motifs is 1. The molecule has 0 heterocycles. The van der Waals surface area contributed by atoms with Crippen molar-refractivity contribution in [3.05, 3.63) is 0 Å². The summed E-state index contributed by atoms with van der Waals surface area (Å²) >= 11 is 0. The Labute approximate surface area is 74.2 Å². The van der Waals surface area contributed by atoms with Gasteiger partial charge >= 0.3 is 0 Å². The van der Waals surface area contributed by atoms with Crippen molar-refractivity contribution in [2.75, 3.05) is 0 Å². The standard InChI is InChI=1S/C11H16O/c1-2-11-7-3-5-9(11)10(12)6-4-8-11/h1,9-10,12H,3-8H2/t9-,10-,11-/m0/s1. The topological polar surface area (TPSA) is 20.2 Å². The molecular weight excluding hydrogens is 148 g/mol. The van der Waals surface area contributed by atoms with Crippen LogP contribution in [-0.4, -0.2) is 11.2 Å². The van der Waals surface area contributed by atoms with Crippen LogP contribution in [0.2, 0.25) is 0 Å². The van der Waals surface area contributed by atoms with Crippen LogP contribution >= 0.6 is 0 Å². The molecule has 2 aliphatic carbocycles. The maximum Gasteiger partial charge on any atom is 0.0582 e. The van der Waals surface area contributed by atoms with Gasteiger partial charge in [0.05, 0.1) is 6.10 Å². The molecule has 2 rings (SSSR count). The molecule has 1 nitrogen and oxygen atoms in total. The van der Waals surface area contributed by atoms with Gasteiger partial charge in [0.1, 0.15) is 0 Å². The van der Waals surface area contributed by atoms with E-state index in [1.165, 1.54) is 6.42 Å². The van der Waals surface area contributed by atoms with Gasteiger partial charge in [-0.15, -0.1) is 6.42 Å². The van der Waals surface area contributed by atoms with Gasteiger partial charge in [0, 0.05) is 11.3 Å². The SMILES string of the molecule is C#C[C@]12CCC[C@H](O)[C@@H]1CCC2. The van der Waals surface area contributed by atoms with Crippen molar-refractivity contribution >= 4 is 0 Å². The van der Waals surface area contributed by atoms with Crippen LogP contribution in [0.25, 0.3) is 0 Å². The molecule has 0 aliphatic heterocycles. The Hall–Kier alpha value is -0.480. The van der Waals surface area contributed by atoms with Gasteiger partial charge in [-0.3, -0.25) is 0 Å². The van der Waals surface area contributed by atoms with Crippen molar-refractivity contribution in [2.45, 2.75) is 44.6 Å². The number of hydrogen-bond acceptors (Lipinski definition) is 1. The molecule has 12 heavy (non-hydrogen) atoms. The Morgan fingerprint density at radius 1 is 1.25 bits per heavy atom. The molecule has 0 aromatic rings. The minimum absolute atomic E-state index is 0.0810. The minimum Gasteiger partial charge on any atom is -0.393 e. The smallest absolute Gasteiger partial charge is 0.0582 e. The molecule has 3 atom stereocenters. The van der Waals surface area contributed by atoms with E-state index in [1.54, 1.807) is 0 Å². The molecule has 66 valence electrons. The molecule has 2 fully saturated rings. The molecule has 1 heteroatoms. The first-order valence-corrected chi connectivity index (χ1v) is 4.94. The highest BCUT2D eigenvalue weighted by Gasteiger charge is 2.46. The van der Waals surface area contributed by atoms with Crippen LogP contribution in [0.15, 0.2) is 0 Å². The Bertz CT molecular complexity index is 216. The van der Waals surface area contributed by atoms with Crippen molar-refractivity contribution in [2.24, 2.45) is 11.3 Å². The fourth-order valence-corrected chi connectivity index (χ4v) is 3.05. The molecule has 0 bridgehead atoms. The molecule has 0 amide bonds. The van der Waals surface area contributed by atoms with Crippen molar-refractivity contribution in [1.82, 2.24) is 0 Å². The summed E-state index contributed by atoms with van der Waals surface area (Å²) in [7, 11) is 0. The van der Waals surface area contributed by atoms with Gasteiger partial charge in [0.25, 0.3) is 0 Å². The van der Waals surface area contributed by atoms with Crippen LogP contribution in [0, 0.1) is 23.7 Å². The first-order valence-electron chi connectivity index (χ1n) is 4.94. The van der Waals surface area contributed by atoms with Crippen LogP contribution in [0.4, 0.5) is 0 Å². The van der Waals surface area contributed by atoms with Gasteiger partial charge in [-0.1, -0.05) is 12.3 Å². The van der Waals surface area contributed by atoms with E-state index in [1.807, 2.05) is 0 Å². The highest BCUT2D eigenvalue weighted by atomic mass is 16.3. The molecule has 2 aliphatic rings. The zero-order chi connectivity index (χ0) is 8.60. The van der Waals surface area contributed by atoms with Crippen molar-refractivity contribution in [1.29, 1.82) is 0 Å². The number of terminal acetylenes is 1. The fourth-order valence-electron chi connectivity index (χ4n) is 3.05. The lowest BCUT2D eigenvalue weighted by Crippen LogP contribution is -2.37. The maximum atomic E-state index is 9.78. The third-order valence-electron chi connectivity index (χ3n) is 3.72. The zero-order valence-corrected chi connectivity index (χ0v) is 7.42. The monoisotopic (exact) mass is 164 g/mol. The molecular formula is C11H16O. The Morgan fingerprint density at radius 2 is 1.92 bits per heavy atom. The normalized spacial score (nSPS) is 46.7. The predicted molar refractivity (Wildman–Crippen MR) is 48.5 cm³/mol. The quantitative estimate of drug-likeness (QED) is 0.542. The molecule has 0 aromatic carbocycles. The van der Waals surface area contributed by atoms with E-state index in [0.717, 1.165) is 32.1 Å². The molecule has 0 spiro atoms. The molecule has 1 N–H and O–H groups in total. The van der Waals surface area contributed by atoms with Crippen LogP contribution in [0.1, 0.15) is 38.5 Å². The molecule has 0 saturated heterocycles. The van der Waals surface area contributed by atoms with Gasteiger partial charge in [0.15, 0.2) is 0 Å². The summed E-state index contributed by atoms with van der Waals surface area (Å²) < 4.78 is 0. The van der Waals surface area contributed by atoms with E-state index in [0.29, 0.717) is 5.92 Å². The van der Waals surface area contributed by atoms with Gasteiger partial charge in [0.2, 0.25) is 0 Å². The van der Waals surface area contributed by atoms with Crippen molar-refractivity contribution in [3.8, 4) is 12.3 Å².